The number of fused-ring (bicyclic) bond motifs is 1. The fraction of sp³-hybridized carbons (Fsp3) is 0.600. The van der Waals surface area contributed by atoms with Crippen LogP contribution in [0.2, 0.25) is 0 Å². The van der Waals surface area contributed by atoms with E-state index in [-0.39, 0.29) is 5.41 Å². The molecule has 1 aromatic carbocycles. The first-order chi connectivity index (χ1) is 9.34. The number of ether oxygens (including phenoxy) is 3. The first-order valence-electron chi connectivity index (χ1n) is 6.97. The highest BCUT2D eigenvalue weighted by molar-refractivity contribution is 5.46. The second kappa shape index (κ2) is 5.39. The fourth-order valence-corrected chi connectivity index (χ4v) is 2.66. The summed E-state index contributed by atoms with van der Waals surface area (Å²) in [6.07, 6.45) is 2.03. The zero-order chi connectivity index (χ0) is 13.1. The predicted octanol–water partition coefficient (Wildman–Crippen LogP) is 1.73. The summed E-state index contributed by atoms with van der Waals surface area (Å²) < 4.78 is 16.9. The van der Waals surface area contributed by atoms with Crippen LogP contribution in [0.5, 0.6) is 11.5 Å². The van der Waals surface area contributed by atoms with Crippen LogP contribution < -0.4 is 14.8 Å². The highest BCUT2D eigenvalue weighted by Gasteiger charge is 2.40. The maximum absolute atomic E-state index is 5.78. The van der Waals surface area contributed by atoms with Gasteiger partial charge in [0.05, 0.1) is 26.4 Å². The Balaban J connectivity index is 1.85. The molecular weight excluding hydrogens is 242 g/mol. The molecule has 2 aliphatic heterocycles. The third kappa shape index (κ3) is 2.42. The molecule has 4 heteroatoms. The normalized spacial score (nSPS) is 20.5. The molecule has 0 bridgehead atoms. The van der Waals surface area contributed by atoms with E-state index in [1.165, 1.54) is 5.56 Å². The van der Waals surface area contributed by atoms with Crippen molar-refractivity contribution in [1.29, 1.82) is 0 Å². The average molecular weight is 263 g/mol. The molecule has 1 fully saturated rings. The Labute approximate surface area is 114 Å². The van der Waals surface area contributed by atoms with Gasteiger partial charge in [-0.1, -0.05) is 6.07 Å². The minimum atomic E-state index is 0.147. The smallest absolute Gasteiger partial charge is 0.161 e. The second-order valence-corrected chi connectivity index (χ2v) is 5.34. The Hall–Kier alpha value is -1.26. The number of hydrogen-bond acceptors (Lipinski definition) is 4. The van der Waals surface area contributed by atoms with Gasteiger partial charge in [-0.2, -0.15) is 0 Å². The molecule has 19 heavy (non-hydrogen) atoms. The molecule has 1 N–H and O–H groups in total. The average Bonchev–Trinajstić information content (AvgIpc) is 2.62. The van der Waals surface area contributed by atoms with E-state index < -0.39 is 0 Å². The lowest BCUT2D eigenvalue weighted by molar-refractivity contribution is -0.0639. The maximum Gasteiger partial charge on any atom is 0.161 e. The molecule has 104 valence electrons. The summed E-state index contributed by atoms with van der Waals surface area (Å²) in [4.78, 5) is 0. The first-order valence-corrected chi connectivity index (χ1v) is 6.97. The van der Waals surface area contributed by atoms with E-state index >= 15 is 0 Å². The van der Waals surface area contributed by atoms with Crippen molar-refractivity contribution < 1.29 is 14.2 Å². The van der Waals surface area contributed by atoms with E-state index in [0.29, 0.717) is 0 Å². The zero-order valence-corrected chi connectivity index (χ0v) is 11.4. The molecule has 0 radical (unpaired) electrons. The molecule has 0 aromatic heterocycles. The van der Waals surface area contributed by atoms with Gasteiger partial charge in [-0.3, -0.25) is 0 Å². The van der Waals surface area contributed by atoms with Crippen LogP contribution in [0, 0.1) is 0 Å². The van der Waals surface area contributed by atoms with Gasteiger partial charge in [0.15, 0.2) is 11.5 Å². The van der Waals surface area contributed by atoms with Gasteiger partial charge in [-0.05, 0) is 37.7 Å². The van der Waals surface area contributed by atoms with Crippen molar-refractivity contribution in [3.8, 4) is 11.5 Å². The fourth-order valence-electron chi connectivity index (χ4n) is 2.66. The molecule has 0 unspecified atom stereocenters. The summed E-state index contributed by atoms with van der Waals surface area (Å²) in [7, 11) is 1.99. The molecule has 4 nitrogen and oxygen atoms in total. The third-order valence-corrected chi connectivity index (χ3v) is 3.97. The van der Waals surface area contributed by atoms with Crippen LogP contribution in [0.15, 0.2) is 18.2 Å². The lowest BCUT2D eigenvalue weighted by atomic mass is 9.76. The number of hydrogen-bond donors (Lipinski definition) is 1. The lowest BCUT2D eigenvalue weighted by Crippen LogP contribution is -2.48. The molecule has 0 aliphatic carbocycles. The van der Waals surface area contributed by atoms with E-state index in [0.717, 1.165) is 57.3 Å². The summed E-state index contributed by atoms with van der Waals surface area (Å²) in [6.45, 7) is 4.07. The SMILES string of the molecule is CNCCC1(c2ccc3c(c2)OCCCO3)COC1. The molecular formula is C15H21NO3. The quantitative estimate of drug-likeness (QED) is 0.898. The first kappa shape index (κ1) is 12.8. The van der Waals surface area contributed by atoms with Crippen LogP contribution >= 0.6 is 0 Å². The van der Waals surface area contributed by atoms with Crippen LogP contribution in [-0.2, 0) is 10.2 Å². The molecule has 2 aliphatic rings. The van der Waals surface area contributed by atoms with E-state index in [1.807, 2.05) is 13.1 Å². The van der Waals surface area contributed by atoms with Crippen molar-refractivity contribution in [2.75, 3.05) is 40.0 Å². The summed E-state index contributed by atoms with van der Waals surface area (Å²) in [5.41, 5.74) is 1.45. The van der Waals surface area contributed by atoms with Crippen LogP contribution in [0.1, 0.15) is 18.4 Å². The van der Waals surface area contributed by atoms with Crippen LogP contribution in [0.4, 0.5) is 0 Å². The molecule has 1 saturated heterocycles. The van der Waals surface area contributed by atoms with Crippen LogP contribution in [0.25, 0.3) is 0 Å². The summed E-state index contributed by atoms with van der Waals surface area (Å²) >= 11 is 0. The van der Waals surface area contributed by atoms with Gasteiger partial charge in [0.2, 0.25) is 0 Å². The Bertz CT molecular complexity index is 443. The number of rotatable bonds is 4. The summed E-state index contributed by atoms with van der Waals surface area (Å²) in [5, 5.41) is 3.22. The van der Waals surface area contributed by atoms with E-state index in [1.54, 1.807) is 0 Å². The van der Waals surface area contributed by atoms with Crippen molar-refractivity contribution >= 4 is 0 Å². The van der Waals surface area contributed by atoms with Crippen LogP contribution in [-0.4, -0.2) is 40.0 Å². The lowest BCUT2D eigenvalue weighted by Gasteiger charge is -2.42. The highest BCUT2D eigenvalue weighted by Crippen LogP contribution is 2.40. The topological polar surface area (TPSA) is 39.7 Å². The summed E-state index contributed by atoms with van der Waals surface area (Å²) in [6, 6.07) is 6.33. The molecule has 2 heterocycles. The van der Waals surface area contributed by atoms with Gasteiger partial charge in [-0.25, -0.2) is 0 Å². The van der Waals surface area contributed by atoms with Gasteiger partial charge in [-0.15, -0.1) is 0 Å². The van der Waals surface area contributed by atoms with Gasteiger partial charge in [0.25, 0.3) is 0 Å². The van der Waals surface area contributed by atoms with Crippen LogP contribution in [0.3, 0.4) is 0 Å². The van der Waals surface area contributed by atoms with Crippen molar-refractivity contribution in [3.05, 3.63) is 23.8 Å². The zero-order valence-electron chi connectivity index (χ0n) is 11.4. The molecule has 3 rings (SSSR count). The Morgan fingerprint density at radius 1 is 1.16 bits per heavy atom. The van der Waals surface area contributed by atoms with Crippen molar-refractivity contribution in [3.63, 3.8) is 0 Å². The Morgan fingerprint density at radius 2 is 1.95 bits per heavy atom. The minimum absolute atomic E-state index is 0.147. The van der Waals surface area contributed by atoms with Gasteiger partial charge < -0.3 is 19.5 Å². The Kier molecular flexibility index (Phi) is 3.62. The monoisotopic (exact) mass is 263 g/mol. The maximum atomic E-state index is 5.78. The highest BCUT2D eigenvalue weighted by atomic mass is 16.5. The Morgan fingerprint density at radius 3 is 2.63 bits per heavy atom. The number of benzene rings is 1. The molecule has 1 aromatic rings. The van der Waals surface area contributed by atoms with E-state index in [9.17, 15) is 0 Å². The molecule has 0 saturated carbocycles. The standard InChI is InChI=1S/C15H21NO3/c1-16-6-5-15(10-17-11-15)12-3-4-13-14(9-12)19-8-2-7-18-13/h3-4,9,16H,2,5-8,10-11H2,1H3. The largest absolute Gasteiger partial charge is 0.490 e. The van der Waals surface area contributed by atoms with Crippen molar-refractivity contribution in [2.24, 2.45) is 0 Å². The third-order valence-electron chi connectivity index (χ3n) is 3.97. The molecule has 0 atom stereocenters. The van der Waals surface area contributed by atoms with Gasteiger partial charge in [0.1, 0.15) is 0 Å². The minimum Gasteiger partial charge on any atom is -0.490 e. The van der Waals surface area contributed by atoms with Crippen molar-refractivity contribution in [1.82, 2.24) is 5.32 Å². The molecule has 0 spiro atoms. The van der Waals surface area contributed by atoms with E-state index in [2.05, 4.69) is 17.4 Å². The van der Waals surface area contributed by atoms with E-state index in [4.69, 9.17) is 14.2 Å². The molecule has 0 amide bonds. The van der Waals surface area contributed by atoms with Crippen molar-refractivity contribution in [2.45, 2.75) is 18.3 Å². The summed E-state index contributed by atoms with van der Waals surface area (Å²) in [5.74, 6) is 1.75. The second-order valence-electron chi connectivity index (χ2n) is 5.34. The number of nitrogens with one attached hydrogen (secondary N) is 1. The predicted molar refractivity (Wildman–Crippen MR) is 73.1 cm³/mol. The van der Waals surface area contributed by atoms with Gasteiger partial charge >= 0.3 is 0 Å². The van der Waals surface area contributed by atoms with Gasteiger partial charge in [0, 0.05) is 11.8 Å².